The number of ether oxygens (including phenoxy) is 1. The zero-order valence-electron chi connectivity index (χ0n) is 15.9. The minimum Gasteiger partial charge on any atom is -0.497 e. The van der Waals surface area contributed by atoms with Crippen LogP contribution >= 0.6 is 11.3 Å². The van der Waals surface area contributed by atoms with Gasteiger partial charge in [0, 0.05) is 5.56 Å². The topological polar surface area (TPSA) is 93.9 Å². The summed E-state index contributed by atoms with van der Waals surface area (Å²) in [7, 11) is -2.95. The summed E-state index contributed by atoms with van der Waals surface area (Å²) in [6.45, 7) is 0. The molecule has 0 spiro atoms. The molecule has 0 aliphatic carbocycles. The lowest BCUT2D eigenvalue weighted by Crippen LogP contribution is -2.37. The molecule has 1 heterocycles. The van der Waals surface area contributed by atoms with E-state index in [4.69, 9.17) is 9.15 Å². The molecule has 1 aromatic heterocycles. The number of anilines is 1. The van der Waals surface area contributed by atoms with Crippen molar-refractivity contribution in [2.45, 2.75) is 4.90 Å². The fourth-order valence-corrected chi connectivity index (χ4v) is 5.02. The Labute approximate surface area is 180 Å². The molecule has 0 unspecified atom stereocenters. The second-order valence-corrected chi connectivity index (χ2v) is 9.11. The number of methoxy groups -OCH3 is 1. The number of nitrogens with zero attached hydrogens (tertiary/aromatic N) is 1. The van der Waals surface area contributed by atoms with E-state index in [0.717, 1.165) is 35.6 Å². The number of hydrogen-bond donors (Lipinski definition) is 0. The van der Waals surface area contributed by atoms with Crippen molar-refractivity contribution in [1.29, 1.82) is 0 Å². The van der Waals surface area contributed by atoms with Crippen molar-refractivity contribution in [3.05, 3.63) is 87.8 Å². The van der Waals surface area contributed by atoms with E-state index in [1.165, 1.54) is 49.6 Å². The Morgan fingerprint density at radius 2 is 1.71 bits per heavy atom. The first-order valence-electron chi connectivity index (χ1n) is 8.82. The van der Waals surface area contributed by atoms with E-state index in [-0.39, 0.29) is 21.7 Å². The van der Waals surface area contributed by atoms with E-state index >= 15 is 0 Å². The zero-order valence-corrected chi connectivity index (χ0v) is 17.6. The van der Waals surface area contributed by atoms with Gasteiger partial charge in [-0.25, -0.2) is 17.6 Å². The smallest absolute Gasteiger partial charge is 0.396 e. The summed E-state index contributed by atoms with van der Waals surface area (Å²) in [5.74, 6) is -0.951. The van der Waals surface area contributed by atoms with Crippen LogP contribution < -0.4 is 14.0 Å². The maximum absolute atomic E-state index is 13.4. The van der Waals surface area contributed by atoms with Crippen LogP contribution in [0.2, 0.25) is 0 Å². The number of halogens is 1. The van der Waals surface area contributed by atoms with Crippen molar-refractivity contribution in [3.8, 4) is 5.75 Å². The van der Waals surface area contributed by atoms with Crippen molar-refractivity contribution in [2.75, 3.05) is 11.4 Å². The first-order chi connectivity index (χ1) is 14.8. The third kappa shape index (κ3) is 3.94. The van der Waals surface area contributed by atoms with Crippen LogP contribution in [0, 0.1) is 5.82 Å². The standard InChI is InChI=1S/C21H14FNO6S2/c1-28-16-7-2-13(3-8-16)20(24)23(31(26,27)17-9-4-14(22)5-10-17)15-6-11-18-19(12-15)30-21(25)29-18/h2-12H,1H3. The SMILES string of the molecule is COc1ccc(C(=O)N(c2ccc3oc(=O)sc3c2)S(=O)(=O)c2ccc(F)cc2)cc1. The van der Waals surface area contributed by atoms with Gasteiger partial charge in [0.15, 0.2) is 0 Å². The van der Waals surface area contributed by atoms with Crippen LogP contribution in [-0.4, -0.2) is 21.4 Å². The molecule has 4 aromatic rings. The number of amides is 1. The summed E-state index contributed by atoms with van der Waals surface area (Å²) >= 11 is 0.783. The molecule has 0 fully saturated rings. The Morgan fingerprint density at radius 3 is 2.35 bits per heavy atom. The van der Waals surface area contributed by atoms with Crippen molar-refractivity contribution >= 4 is 43.2 Å². The normalized spacial score (nSPS) is 11.4. The summed E-state index contributed by atoms with van der Waals surface area (Å²) in [6.07, 6.45) is 0. The van der Waals surface area contributed by atoms with E-state index in [1.54, 1.807) is 0 Å². The number of hydrogen-bond acceptors (Lipinski definition) is 7. The third-order valence-corrected chi connectivity index (χ3v) is 6.94. The Bertz CT molecular complexity index is 1420. The van der Waals surface area contributed by atoms with E-state index < -0.39 is 26.7 Å². The zero-order chi connectivity index (χ0) is 22.2. The largest absolute Gasteiger partial charge is 0.497 e. The fraction of sp³-hybridized carbons (Fsp3) is 0.0476. The summed E-state index contributed by atoms with van der Waals surface area (Å²) in [4.78, 5) is 24.0. The molecule has 10 heteroatoms. The molecule has 0 bridgehead atoms. The second kappa shape index (κ2) is 7.97. The summed E-state index contributed by atoms with van der Waals surface area (Å²) < 4.78 is 51.2. The van der Waals surface area contributed by atoms with Gasteiger partial charge >= 0.3 is 4.94 Å². The molecule has 0 N–H and O–H groups in total. The van der Waals surface area contributed by atoms with Crippen LogP contribution in [0.5, 0.6) is 5.75 Å². The van der Waals surface area contributed by atoms with Gasteiger partial charge in [-0.05, 0) is 66.7 Å². The van der Waals surface area contributed by atoms with Crippen LogP contribution in [0.15, 0.2) is 80.8 Å². The van der Waals surface area contributed by atoms with Crippen LogP contribution in [0.1, 0.15) is 10.4 Å². The summed E-state index contributed by atoms with van der Waals surface area (Å²) in [6, 6.07) is 14.2. The average molecular weight is 459 g/mol. The number of sulfonamides is 1. The second-order valence-electron chi connectivity index (χ2n) is 6.34. The maximum atomic E-state index is 13.4. The molecule has 0 aliphatic rings. The van der Waals surface area contributed by atoms with Gasteiger partial charge in [-0.1, -0.05) is 11.3 Å². The molecule has 0 atom stereocenters. The minimum atomic E-state index is -4.41. The third-order valence-electron chi connectivity index (χ3n) is 4.42. The molecule has 4 rings (SSSR count). The van der Waals surface area contributed by atoms with Crippen molar-refractivity contribution < 1.29 is 26.8 Å². The van der Waals surface area contributed by atoms with Gasteiger partial charge < -0.3 is 9.15 Å². The van der Waals surface area contributed by atoms with Gasteiger partial charge in [-0.2, -0.15) is 4.31 Å². The highest BCUT2D eigenvalue weighted by Crippen LogP contribution is 2.30. The number of carbonyl (C=O) groups is 1. The average Bonchev–Trinajstić information content (AvgIpc) is 3.13. The molecular formula is C21H14FNO6S2. The molecule has 0 aliphatic heterocycles. The molecule has 31 heavy (non-hydrogen) atoms. The minimum absolute atomic E-state index is 0.00898. The van der Waals surface area contributed by atoms with E-state index in [1.807, 2.05) is 0 Å². The maximum Gasteiger partial charge on any atom is 0.396 e. The first kappa shape index (κ1) is 20.8. The quantitative estimate of drug-likeness (QED) is 0.447. The fourth-order valence-electron chi connectivity index (χ4n) is 2.92. The highest BCUT2D eigenvalue weighted by atomic mass is 32.2. The summed E-state index contributed by atoms with van der Waals surface area (Å²) in [5, 5.41) is 0. The molecular weight excluding hydrogens is 445 g/mol. The predicted molar refractivity (Wildman–Crippen MR) is 114 cm³/mol. The van der Waals surface area contributed by atoms with Crippen LogP contribution in [-0.2, 0) is 10.0 Å². The van der Waals surface area contributed by atoms with Crippen molar-refractivity contribution in [1.82, 2.24) is 0 Å². The van der Waals surface area contributed by atoms with Crippen LogP contribution in [0.25, 0.3) is 10.3 Å². The number of fused-ring (bicyclic) bond motifs is 1. The number of benzene rings is 3. The van der Waals surface area contributed by atoms with Crippen molar-refractivity contribution in [2.24, 2.45) is 0 Å². The Kier molecular flexibility index (Phi) is 5.34. The first-order valence-corrected chi connectivity index (χ1v) is 11.1. The highest BCUT2D eigenvalue weighted by molar-refractivity contribution is 7.93. The van der Waals surface area contributed by atoms with Gasteiger partial charge in [0.25, 0.3) is 15.9 Å². The van der Waals surface area contributed by atoms with Gasteiger partial charge in [-0.3, -0.25) is 4.79 Å². The van der Waals surface area contributed by atoms with Gasteiger partial charge in [0.1, 0.15) is 17.1 Å². The molecule has 0 saturated heterocycles. The molecule has 0 saturated carbocycles. The lowest BCUT2D eigenvalue weighted by Gasteiger charge is -2.23. The van der Waals surface area contributed by atoms with Crippen molar-refractivity contribution in [3.63, 3.8) is 0 Å². The lowest BCUT2D eigenvalue weighted by atomic mass is 10.2. The van der Waals surface area contributed by atoms with Crippen LogP contribution in [0.4, 0.5) is 10.1 Å². The molecule has 0 radical (unpaired) electrons. The number of rotatable bonds is 5. The molecule has 158 valence electrons. The number of carbonyl (C=O) groups excluding carboxylic acids is 1. The van der Waals surface area contributed by atoms with E-state index in [2.05, 4.69) is 0 Å². The highest BCUT2D eigenvalue weighted by Gasteiger charge is 2.32. The monoisotopic (exact) mass is 459 g/mol. The Hall–Kier alpha value is -3.50. The molecule has 7 nitrogen and oxygen atoms in total. The molecule has 1 amide bonds. The van der Waals surface area contributed by atoms with E-state index in [0.29, 0.717) is 14.8 Å². The lowest BCUT2D eigenvalue weighted by molar-refractivity contribution is 0.101. The predicted octanol–water partition coefficient (Wildman–Crippen LogP) is 4.04. The van der Waals surface area contributed by atoms with E-state index in [9.17, 15) is 22.4 Å². The Morgan fingerprint density at radius 1 is 1.03 bits per heavy atom. The van der Waals surface area contributed by atoms with Gasteiger partial charge in [0.05, 0.1) is 22.4 Å². The molecule has 3 aromatic carbocycles. The summed E-state index contributed by atoms with van der Waals surface area (Å²) in [5.41, 5.74) is 0.372. The van der Waals surface area contributed by atoms with Crippen LogP contribution in [0.3, 0.4) is 0 Å². The Balaban J connectivity index is 1.88. The van der Waals surface area contributed by atoms with Gasteiger partial charge in [0.2, 0.25) is 0 Å². The van der Waals surface area contributed by atoms with Gasteiger partial charge in [-0.15, -0.1) is 0 Å².